The standard InChI is InChI=1S/C13H18N6O2/c1-3-13-9(8-18(2)17-13)7-15-10-4-11(16-14)6-12(5-10)19(20)21/h4-6,8,15-16H,3,7,14H2,1-2H3. The predicted molar refractivity (Wildman–Crippen MR) is 80.8 cm³/mol. The van der Waals surface area contributed by atoms with Crippen LogP contribution in [0.4, 0.5) is 17.1 Å². The Balaban J connectivity index is 2.19. The Morgan fingerprint density at radius 2 is 2.10 bits per heavy atom. The highest BCUT2D eigenvalue weighted by Crippen LogP contribution is 2.24. The number of nitrogens with two attached hydrogens (primary N) is 1. The molecule has 4 N–H and O–H groups in total. The lowest BCUT2D eigenvalue weighted by Crippen LogP contribution is -2.08. The number of nitrogen functional groups attached to an aromatic ring is 1. The van der Waals surface area contributed by atoms with E-state index in [0.717, 1.165) is 17.7 Å². The van der Waals surface area contributed by atoms with Gasteiger partial charge in [0.25, 0.3) is 5.69 Å². The van der Waals surface area contributed by atoms with Crippen LogP contribution in [0.5, 0.6) is 0 Å². The van der Waals surface area contributed by atoms with Gasteiger partial charge in [-0.05, 0) is 12.5 Å². The Bertz CT molecular complexity index is 652. The Morgan fingerprint density at radius 1 is 1.38 bits per heavy atom. The van der Waals surface area contributed by atoms with E-state index >= 15 is 0 Å². The van der Waals surface area contributed by atoms with E-state index < -0.39 is 4.92 Å². The summed E-state index contributed by atoms with van der Waals surface area (Å²) < 4.78 is 1.76. The van der Waals surface area contributed by atoms with Crippen molar-refractivity contribution in [3.8, 4) is 0 Å². The number of hydrogen-bond donors (Lipinski definition) is 3. The molecule has 8 nitrogen and oxygen atoms in total. The first-order valence-electron chi connectivity index (χ1n) is 6.54. The van der Waals surface area contributed by atoms with E-state index in [9.17, 15) is 10.1 Å². The van der Waals surface area contributed by atoms with Gasteiger partial charge in [-0.2, -0.15) is 5.10 Å². The van der Waals surface area contributed by atoms with Crippen molar-refractivity contribution in [2.45, 2.75) is 19.9 Å². The highest BCUT2D eigenvalue weighted by Gasteiger charge is 2.10. The summed E-state index contributed by atoms with van der Waals surface area (Å²) in [6.07, 6.45) is 2.77. The van der Waals surface area contributed by atoms with Gasteiger partial charge in [0.15, 0.2) is 0 Å². The maximum atomic E-state index is 10.9. The predicted octanol–water partition coefficient (Wildman–Crippen LogP) is 1.79. The van der Waals surface area contributed by atoms with Crippen LogP contribution in [0.3, 0.4) is 0 Å². The molecule has 0 aliphatic rings. The summed E-state index contributed by atoms with van der Waals surface area (Å²) in [5.41, 5.74) is 5.59. The summed E-state index contributed by atoms with van der Waals surface area (Å²) in [4.78, 5) is 10.4. The molecular formula is C13H18N6O2. The first-order chi connectivity index (χ1) is 10.0. The van der Waals surface area contributed by atoms with E-state index in [1.54, 1.807) is 10.7 Å². The Morgan fingerprint density at radius 3 is 2.71 bits per heavy atom. The fraction of sp³-hybridized carbons (Fsp3) is 0.308. The minimum Gasteiger partial charge on any atom is -0.381 e. The van der Waals surface area contributed by atoms with E-state index in [1.165, 1.54) is 12.1 Å². The van der Waals surface area contributed by atoms with Crippen LogP contribution in [-0.2, 0) is 20.0 Å². The highest BCUT2D eigenvalue weighted by molar-refractivity contribution is 5.63. The van der Waals surface area contributed by atoms with Gasteiger partial charge in [0.1, 0.15) is 0 Å². The normalized spacial score (nSPS) is 10.4. The topological polar surface area (TPSA) is 111 Å². The quantitative estimate of drug-likeness (QED) is 0.425. The van der Waals surface area contributed by atoms with E-state index in [4.69, 9.17) is 5.84 Å². The summed E-state index contributed by atoms with van der Waals surface area (Å²) in [5.74, 6) is 5.33. The van der Waals surface area contributed by atoms with Crippen LogP contribution in [0.1, 0.15) is 18.2 Å². The van der Waals surface area contributed by atoms with Gasteiger partial charge >= 0.3 is 0 Å². The van der Waals surface area contributed by atoms with E-state index in [-0.39, 0.29) is 5.69 Å². The van der Waals surface area contributed by atoms with Gasteiger partial charge in [-0.1, -0.05) is 6.92 Å². The van der Waals surface area contributed by atoms with Crippen molar-refractivity contribution in [2.75, 3.05) is 10.7 Å². The third-order valence-electron chi connectivity index (χ3n) is 3.10. The average Bonchev–Trinajstić information content (AvgIpc) is 2.84. The Labute approximate surface area is 122 Å². The van der Waals surface area contributed by atoms with Crippen molar-refractivity contribution >= 4 is 17.1 Å². The highest BCUT2D eigenvalue weighted by atomic mass is 16.6. The number of aromatic nitrogens is 2. The van der Waals surface area contributed by atoms with Crippen LogP contribution in [0.15, 0.2) is 24.4 Å². The lowest BCUT2D eigenvalue weighted by atomic mass is 10.2. The molecule has 0 atom stereocenters. The number of anilines is 2. The lowest BCUT2D eigenvalue weighted by molar-refractivity contribution is -0.384. The summed E-state index contributed by atoms with van der Waals surface area (Å²) in [7, 11) is 1.87. The monoisotopic (exact) mass is 290 g/mol. The molecule has 0 aliphatic carbocycles. The first kappa shape index (κ1) is 14.8. The molecule has 0 amide bonds. The summed E-state index contributed by atoms with van der Waals surface area (Å²) in [6, 6.07) is 4.57. The molecule has 0 aliphatic heterocycles. The lowest BCUT2D eigenvalue weighted by Gasteiger charge is -2.08. The second-order valence-electron chi connectivity index (χ2n) is 4.65. The number of nitro groups is 1. The van der Waals surface area contributed by atoms with Gasteiger partial charge in [-0.3, -0.25) is 20.6 Å². The summed E-state index contributed by atoms with van der Waals surface area (Å²) >= 11 is 0. The zero-order chi connectivity index (χ0) is 15.4. The third kappa shape index (κ3) is 3.48. The SMILES string of the molecule is CCc1nn(C)cc1CNc1cc(NN)cc([N+](=O)[O-])c1. The van der Waals surface area contributed by atoms with Gasteiger partial charge in [-0.25, -0.2) is 0 Å². The number of nitro benzene ring substituents is 1. The first-order valence-corrected chi connectivity index (χ1v) is 6.54. The molecular weight excluding hydrogens is 272 g/mol. The summed E-state index contributed by atoms with van der Waals surface area (Å²) in [5, 5.41) is 18.4. The zero-order valence-electron chi connectivity index (χ0n) is 12.0. The number of hydrogen-bond acceptors (Lipinski definition) is 6. The van der Waals surface area contributed by atoms with E-state index in [1.807, 2.05) is 20.2 Å². The molecule has 2 rings (SSSR count). The molecule has 0 bridgehead atoms. The smallest absolute Gasteiger partial charge is 0.273 e. The van der Waals surface area contributed by atoms with Crippen LogP contribution in [-0.4, -0.2) is 14.7 Å². The zero-order valence-corrected chi connectivity index (χ0v) is 12.0. The van der Waals surface area contributed by atoms with Gasteiger partial charge in [0.2, 0.25) is 0 Å². The van der Waals surface area contributed by atoms with Gasteiger partial charge in [0.05, 0.1) is 16.3 Å². The van der Waals surface area contributed by atoms with Crippen LogP contribution in [0.25, 0.3) is 0 Å². The molecule has 1 aromatic heterocycles. The molecule has 0 unspecified atom stereocenters. The molecule has 0 fully saturated rings. The molecule has 0 saturated carbocycles. The average molecular weight is 290 g/mol. The fourth-order valence-corrected chi connectivity index (χ4v) is 2.13. The number of non-ortho nitro benzene ring substituents is 1. The number of benzene rings is 1. The second-order valence-corrected chi connectivity index (χ2v) is 4.65. The van der Waals surface area contributed by atoms with Crippen LogP contribution in [0.2, 0.25) is 0 Å². The number of rotatable bonds is 6. The molecule has 0 saturated heterocycles. The number of aryl methyl sites for hydroxylation is 2. The molecule has 1 heterocycles. The minimum absolute atomic E-state index is 0.0187. The number of nitrogens with one attached hydrogen (secondary N) is 2. The van der Waals surface area contributed by atoms with Crippen LogP contribution < -0.4 is 16.6 Å². The molecule has 0 spiro atoms. The molecule has 2 aromatic rings. The van der Waals surface area contributed by atoms with E-state index in [2.05, 4.69) is 15.8 Å². The Hall–Kier alpha value is -2.61. The number of hydrazine groups is 1. The second kappa shape index (κ2) is 6.23. The van der Waals surface area contributed by atoms with Crippen molar-refractivity contribution < 1.29 is 4.92 Å². The van der Waals surface area contributed by atoms with Crippen molar-refractivity contribution in [2.24, 2.45) is 12.9 Å². The van der Waals surface area contributed by atoms with Gasteiger partial charge < -0.3 is 10.7 Å². The molecule has 112 valence electrons. The maximum absolute atomic E-state index is 10.9. The van der Waals surface area contributed by atoms with Crippen LogP contribution >= 0.6 is 0 Å². The molecule has 1 aromatic carbocycles. The van der Waals surface area contributed by atoms with Crippen LogP contribution in [0, 0.1) is 10.1 Å². The summed E-state index contributed by atoms with van der Waals surface area (Å²) in [6.45, 7) is 2.58. The van der Waals surface area contributed by atoms with Crippen molar-refractivity contribution in [3.05, 3.63) is 45.8 Å². The van der Waals surface area contributed by atoms with Crippen molar-refractivity contribution in [3.63, 3.8) is 0 Å². The maximum Gasteiger partial charge on any atom is 0.273 e. The minimum atomic E-state index is -0.451. The van der Waals surface area contributed by atoms with E-state index in [0.29, 0.717) is 17.9 Å². The third-order valence-corrected chi connectivity index (χ3v) is 3.10. The van der Waals surface area contributed by atoms with Gasteiger partial charge in [0, 0.05) is 43.2 Å². The molecule has 21 heavy (non-hydrogen) atoms. The fourth-order valence-electron chi connectivity index (χ4n) is 2.13. The van der Waals surface area contributed by atoms with Crippen molar-refractivity contribution in [1.29, 1.82) is 0 Å². The Kier molecular flexibility index (Phi) is 4.39. The molecule has 0 radical (unpaired) electrons. The van der Waals surface area contributed by atoms with Crippen molar-refractivity contribution in [1.82, 2.24) is 9.78 Å². The number of nitrogens with zero attached hydrogens (tertiary/aromatic N) is 3. The van der Waals surface area contributed by atoms with Gasteiger partial charge in [-0.15, -0.1) is 0 Å². The molecule has 8 heteroatoms. The largest absolute Gasteiger partial charge is 0.381 e.